The molecule has 1 atom stereocenters. The van der Waals surface area contributed by atoms with E-state index in [0.717, 1.165) is 0 Å². The normalized spacial score (nSPS) is 11.6. The Morgan fingerprint density at radius 1 is 0.885 bits per heavy atom. The number of pyridine rings is 1. The lowest BCUT2D eigenvalue weighted by atomic mass is 10.0. The molecular weight excluding hydrogens is 331 g/mol. The first kappa shape index (κ1) is 17.5. The van der Waals surface area contributed by atoms with Crippen LogP contribution in [0.2, 0.25) is 0 Å². The Kier molecular flexibility index (Phi) is 5.17. The molecular formula is C21H18FN2O2+. The summed E-state index contributed by atoms with van der Waals surface area (Å²) in [4.78, 5) is 24.7. The van der Waals surface area contributed by atoms with Crippen molar-refractivity contribution in [2.45, 2.75) is 13.0 Å². The number of anilines is 1. The molecule has 0 spiro atoms. The number of hydrogen-bond acceptors (Lipinski definition) is 2. The van der Waals surface area contributed by atoms with Crippen LogP contribution in [0, 0.1) is 5.82 Å². The van der Waals surface area contributed by atoms with E-state index in [1.807, 2.05) is 18.2 Å². The van der Waals surface area contributed by atoms with E-state index in [2.05, 4.69) is 5.32 Å². The number of halogens is 1. The average molecular weight is 349 g/mol. The smallest absolute Gasteiger partial charge is 0.293 e. The molecule has 4 nitrogen and oxygen atoms in total. The predicted molar refractivity (Wildman–Crippen MR) is 96.3 cm³/mol. The molecule has 1 N–H and O–H groups in total. The monoisotopic (exact) mass is 349 g/mol. The zero-order valence-corrected chi connectivity index (χ0v) is 14.2. The van der Waals surface area contributed by atoms with Crippen molar-refractivity contribution in [2.75, 3.05) is 5.32 Å². The van der Waals surface area contributed by atoms with Gasteiger partial charge in [0.15, 0.2) is 18.2 Å². The summed E-state index contributed by atoms with van der Waals surface area (Å²) in [7, 11) is 0. The average Bonchev–Trinajstić information content (AvgIpc) is 2.69. The van der Waals surface area contributed by atoms with Gasteiger partial charge in [-0.05, 0) is 12.1 Å². The zero-order valence-electron chi connectivity index (χ0n) is 14.2. The largest absolute Gasteiger partial charge is 0.318 e. The molecule has 0 fully saturated rings. The summed E-state index contributed by atoms with van der Waals surface area (Å²) in [6.45, 7) is 1.70. The van der Waals surface area contributed by atoms with E-state index < -0.39 is 11.9 Å². The third-order valence-corrected chi connectivity index (χ3v) is 4.11. The topological polar surface area (TPSA) is 50.1 Å². The minimum atomic E-state index is -0.560. The van der Waals surface area contributed by atoms with Crippen LogP contribution >= 0.6 is 0 Å². The molecule has 0 aliphatic rings. The summed E-state index contributed by atoms with van der Waals surface area (Å²) >= 11 is 0. The fourth-order valence-electron chi connectivity index (χ4n) is 2.54. The number of rotatable bonds is 5. The molecule has 0 saturated heterocycles. The maximum absolute atomic E-state index is 13.7. The SMILES string of the molecule is C[C@H](C(=O)Nc1ccccc1F)[n+]1ccc(C(=O)c2ccccc2)cc1. The number of ketones is 1. The van der Waals surface area contributed by atoms with Gasteiger partial charge in [-0.25, -0.2) is 4.39 Å². The maximum Gasteiger partial charge on any atom is 0.293 e. The van der Waals surface area contributed by atoms with E-state index in [9.17, 15) is 14.0 Å². The van der Waals surface area contributed by atoms with E-state index >= 15 is 0 Å². The van der Waals surface area contributed by atoms with Crippen molar-refractivity contribution in [3.8, 4) is 0 Å². The van der Waals surface area contributed by atoms with E-state index in [1.54, 1.807) is 60.3 Å². The fraction of sp³-hybridized carbons (Fsp3) is 0.0952. The highest BCUT2D eigenvalue weighted by molar-refractivity contribution is 6.08. The van der Waals surface area contributed by atoms with Gasteiger partial charge in [-0.2, -0.15) is 4.57 Å². The third kappa shape index (κ3) is 3.83. The number of amides is 1. The van der Waals surface area contributed by atoms with Gasteiger partial charge in [0.1, 0.15) is 5.82 Å². The Labute approximate surface area is 150 Å². The summed E-state index contributed by atoms with van der Waals surface area (Å²) in [5.41, 5.74) is 1.28. The number of carbonyl (C=O) groups is 2. The lowest BCUT2D eigenvalue weighted by molar-refractivity contribution is -0.705. The number of benzene rings is 2. The lowest BCUT2D eigenvalue weighted by Gasteiger charge is -2.09. The second-order valence-corrected chi connectivity index (χ2v) is 5.87. The van der Waals surface area contributed by atoms with Crippen molar-refractivity contribution in [3.63, 3.8) is 0 Å². The number of para-hydroxylation sites is 1. The van der Waals surface area contributed by atoms with Gasteiger partial charge in [0, 0.05) is 30.2 Å². The highest BCUT2D eigenvalue weighted by atomic mass is 19.1. The van der Waals surface area contributed by atoms with E-state index in [-0.39, 0.29) is 17.4 Å². The molecule has 3 rings (SSSR count). The van der Waals surface area contributed by atoms with Gasteiger partial charge in [0.25, 0.3) is 5.91 Å². The first-order chi connectivity index (χ1) is 12.6. The van der Waals surface area contributed by atoms with Crippen molar-refractivity contribution in [1.82, 2.24) is 0 Å². The van der Waals surface area contributed by atoms with Crippen LogP contribution in [0.3, 0.4) is 0 Å². The Morgan fingerprint density at radius 2 is 1.46 bits per heavy atom. The Bertz CT molecular complexity index is 924. The molecule has 130 valence electrons. The van der Waals surface area contributed by atoms with Crippen LogP contribution in [0.25, 0.3) is 0 Å². The Hall–Kier alpha value is -3.34. The summed E-state index contributed by atoms with van der Waals surface area (Å²) in [6, 6.07) is 17.8. The number of aromatic nitrogens is 1. The highest BCUT2D eigenvalue weighted by Gasteiger charge is 2.23. The highest BCUT2D eigenvalue weighted by Crippen LogP contribution is 2.14. The van der Waals surface area contributed by atoms with Crippen LogP contribution in [0.1, 0.15) is 28.9 Å². The van der Waals surface area contributed by atoms with Crippen molar-refractivity contribution >= 4 is 17.4 Å². The van der Waals surface area contributed by atoms with Crippen molar-refractivity contribution in [1.29, 1.82) is 0 Å². The molecule has 26 heavy (non-hydrogen) atoms. The standard InChI is InChI=1S/C21H17FN2O2/c1-15(21(26)23-19-10-6-5-9-18(19)22)24-13-11-17(12-14-24)20(25)16-7-3-2-4-8-16/h2-15H,1H3/p+1/t15-/m1/s1. The molecule has 0 radical (unpaired) electrons. The van der Waals surface area contributed by atoms with Crippen LogP contribution in [-0.2, 0) is 4.79 Å². The molecule has 5 heteroatoms. The van der Waals surface area contributed by atoms with Gasteiger partial charge in [-0.15, -0.1) is 0 Å². The Balaban J connectivity index is 1.72. The molecule has 0 unspecified atom stereocenters. The minimum absolute atomic E-state index is 0.0822. The zero-order chi connectivity index (χ0) is 18.5. The van der Waals surface area contributed by atoms with Crippen molar-refractivity contribution < 1.29 is 18.5 Å². The summed E-state index contributed by atoms with van der Waals surface area (Å²) in [5.74, 6) is -0.912. The van der Waals surface area contributed by atoms with Crippen LogP contribution in [-0.4, -0.2) is 11.7 Å². The van der Waals surface area contributed by atoms with Gasteiger partial charge in [-0.3, -0.25) is 9.59 Å². The number of hydrogen-bond donors (Lipinski definition) is 1. The van der Waals surface area contributed by atoms with Gasteiger partial charge in [0.2, 0.25) is 6.04 Å². The maximum atomic E-state index is 13.7. The summed E-state index contributed by atoms with van der Waals surface area (Å²) < 4.78 is 15.3. The molecule has 1 amide bonds. The van der Waals surface area contributed by atoms with Crippen LogP contribution in [0.5, 0.6) is 0 Å². The lowest BCUT2D eigenvalue weighted by Crippen LogP contribution is -2.44. The molecule has 1 heterocycles. The summed E-state index contributed by atoms with van der Waals surface area (Å²) in [5, 5.41) is 2.57. The van der Waals surface area contributed by atoms with Crippen molar-refractivity contribution in [2.24, 2.45) is 0 Å². The van der Waals surface area contributed by atoms with Gasteiger partial charge >= 0.3 is 0 Å². The van der Waals surface area contributed by atoms with Gasteiger partial charge in [0.05, 0.1) is 5.69 Å². The third-order valence-electron chi connectivity index (χ3n) is 4.11. The van der Waals surface area contributed by atoms with E-state index in [1.165, 1.54) is 12.1 Å². The summed E-state index contributed by atoms with van der Waals surface area (Å²) in [6.07, 6.45) is 3.34. The second-order valence-electron chi connectivity index (χ2n) is 5.87. The minimum Gasteiger partial charge on any atom is -0.318 e. The molecule has 3 aromatic rings. The molecule has 0 saturated carbocycles. The van der Waals surface area contributed by atoms with E-state index in [4.69, 9.17) is 0 Å². The fourth-order valence-corrected chi connectivity index (χ4v) is 2.54. The number of carbonyl (C=O) groups excluding carboxylic acids is 2. The van der Waals surface area contributed by atoms with Crippen LogP contribution in [0.4, 0.5) is 10.1 Å². The second kappa shape index (κ2) is 7.70. The molecule has 2 aromatic carbocycles. The molecule has 0 aliphatic carbocycles. The van der Waals surface area contributed by atoms with Crippen LogP contribution < -0.4 is 9.88 Å². The van der Waals surface area contributed by atoms with Crippen LogP contribution in [0.15, 0.2) is 79.1 Å². The van der Waals surface area contributed by atoms with Crippen molar-refractivity contribution in [3.05, 3.63) is 96.1 Å². The number of nitrogens with one attached hydrogen (secondary N) is 1. The van der Waals surface area contributed by atoms with E-state index in [0.29, 0.717) is 11.1 Å². The Morgan fingerprint density at radius 3 is 2.12 bits per heavy atom. The predicted octanol–water partition coefficient (Wildman–Crippen LogP) is 3.54. The molecule has 0 aliphatic heterocycles. The quantitative estimate of drug-likeness (QED) is 0.566. The van der Waals surface area contributed by atoms with Gasteiger partial charge < -0.3 is 5.32 Å². The number of nitrogens with zero attached hydrogens (tertiary/aromatic N) is 1. The van der Waals surface area contributed by atoms with Gasteiger partial charge in [-0.1, -0.05) is 42.5 Å². The first-order valence-electron chi connectivity index (χ1n) is 8.22. The first-order valence-corrected chi connectivity index (χ1v) is 8.22. The molecule has 0 bridgehead atoms. The molecule has 1 aromatic heterocycles.